The topological polar surface area (TPSA) is 36.4 Å². The number of carbonyl (C=O) groups excluding carboxylic acids is 1. The van der Waals surface area contributed by atoms with Crippen LogP contribution >= 0.6 is 11.6 Å². The second-order valence-corrected chi connectivity index (χ2v) is 10.1. The molecule has 1 amide bonds. The molecular weight excluding hydrogens is 442 g/mol. The van der Waals surface area contributed by atoms with Crippen LogP contribution in [0.15, 0.2) is 66.9 Å². The number of amides is 1. The number of fused-ring (bicyclic) bond motifs is 2. The molecule has 4 nitrogen and oxygen atoms in total. The molecule has 0 bridgehead atoms. The molecule has 3 aromatic rings. The first kappa shape index (κ1) is 22.8. The minimum Gasteiger partial charge on any atom is -0.307 e. The number of anilines is 1. The lowest BCUT2D eigenvalue weighted by atomic mass is 9.74. The van der Waals surface area contributed by atoms with Gasteiger partial charge in [-0.3, -0.25) is 9.69 Å². The van der Waals surface area contributed by atoms with Gasteiger partial charge in [-0.05, 0) is 69.1 Å². The van der Waals surface area contributed by atoms with E-state index in [1.54, 1.807) is 18.3 Å². The van der Waals surface area contributed by atoms with Crippen LogP contribution in [0, 0.1) is 13.8 Å². The zero-order valence-corrected chi connectivity index (χ0v) is 20.6. The molecule has 0 unspecified atom stereocenters. The smallest absolute Gasteiger partial charge is 0.258 e. The zero-order chi connectivity index (χ0) is 23.7. The van der Waals surface area contributed by atoms with Crippen molar-refractivity contribution in [3.8, 4) is 0 Å². The molecule has 1 fully saturated rings. The number of hydrogen-bond acceptors (Lipinski definition) is 3. The first-order valence-electron chi connectivity index (χ1n) is 11.9. The lowest BCUT2D eigenvalue weighted by Crippen LogP contribution is -2.46. The first-order valence-corrected chi connectivity index (χ1v) is 12.3. The molecule has 0 aliphatic carbocycles. The molecule has 0 radical (unpaired) electrons. The second kappa shape index (κ2) is 9.36. The van der Waals surface area contributed by atoms with Crippen LogP contribution in [0.3, 0.4) is 0 Å². The van der Waals surface area contributed by atoms with Gasteiger partial charge in [0.1, 0.15) is 5.15 Å². The summed E-state index contributed by atoms with van der Waals surface area (Å²) in [6.07, 6.45) is 8.15. The summed E-state index contributed by atoms with van der Waals surface area (Å²) >= 11 is 6.07. The van der Waals surface area contributed by atoms with E-state index in [9.17, 15) is 4.79 Å². The molecule has 1 spiro atoms. The Balaban J connectivity index is 1.31. The second-order valence-electron chi connectivity index (χ2n) is 9.67. The highest BCUT2D eigenvalue weighted by Crippen LogP contribution is 2.47. The lowest BCUT2D eigenvalue weighted by molar-refractivity contribution is 0.0977. The van der Waals surface area contributed by atoms with E-state index in [0.717, 1.165) is 44.7 Å². The van der Waals surface area contributed by atoms with Gasteiger partial charge < -0.3 is 4.90 Å². The molecule has 0 atom stereocenters. The average Bonchev–Trinajstić information content (AvgIpc) is 3.14. The summed E-state index contributed by atoms with van der Waals surface area (Å²) in [5.41, 5.74) is 6.71. The monoisotopic (exact) mass is 471 g/mol. The van der Waals surface area contributed by atoms with E-state index in [-0.39, 0.29) is 11.3 Å². The van der Waals surface area contributed by atoms with Gasteiger partial charge in [0.2, 0.25) is 0 Å². The summed E-state index contributed by atoms with van der Waals surface area (Å²) in [7, 11) is 0. The van der Waals surface area contributed by atoms with Gasteiger partial charge in [-0.25, -0.2) is 4.98 Å². The van der Waals surface area contributed by atoms with Crippen molar-refractivity contribution in [2.45, 2.75) is 32.1 Å². The zero-order valence-electron chi connectivity index (χ0n) is 19.8. The molecule has 34 heavy (non-hydrogen) atoms. The van der Waals surface area contributed by atoms with Crippen LogP contribution < -0.4 is 4.90 Å². The van der Waals surface area contributed by atoms with Crippen molar-refractivity contribution in [3.63, 3.8) is 0 Å². The van der Waals surface area contributed by atoms with Crippen molar-refractivity contribution in [1.29, 1.82) is 0 Å². The molecule has 1 saturated heterocycles. The normalized spacial score (nSPS) is 17.4. The van der Waals surface area contributed by atoms with Gasteiger partial charge in [-0.15, -0.1) is 0 Å². The number of pyridine rings is 1. The quantitative estimate of drug-likeness (QED) is 0.434. The molecule has 5 heteroatoms. The van der Waals surface area contributed by atoms with Crippen molar-refractivity contribution in [2.75, 3.05) is 31.1 Å². The van der Waals surface area contributed by atoms with Gasteiger partial charge in [0, 0.05) is 36.0 Å². The maximum atomic E-state index is 13.5. The summed E-state index contributed by atoms with van der Waals surface area (Å²) in [6, 6.07) is 18.5. The van der Waals surface area contributed by atoms with E-state index in [2.05, 4.69) is 78.3 Å². The number of aryl methyl sites for hydroxylation is 2. The highest BCUT2D eigenvalue weighted by atomic mass is 35.5. The van der Waals surface area contributed by atoms with E-state index in [1.807, 2.05) is 4.90 Å². The fourth-order valence-electron chi connectivity index (χ4n) is 5.26. The van der Waals surface area contributed by atoms with E-state index in [0.29, 0.717) is 10.7 Å². The third-order valence-corrected chi connectivity index (χ3v) is 7.46. The highest BCUT2D eigenvalue weighted by Gasteiger charge is 2.46. The molecule has 2 aromatic carbocycles. The molecule has 0 N–H and O–H groups in total. The largest absolute Gasteiger partial charge is 0.307 e. The minimum absolute atomic E-state index is 0.00487. The Morgan fingerprint density at radius 1 is 1.03 bits per heavy atom. The minimum atomic E-state index is -0.00487. The van der Waals surface area contributed by atoms with E-state index in [1.165, 1.54) is 22.3 Å². The van der Waals surface area contributed by atoms with Gasteiger partial charge in [0.15, 0.2) is 0 Å². The fraction of sp³-hybridized carbons (Fsp3) is 0.310. The summed E-state index contributed by atoms with van der Waals surface area (Å²) in [4.78, 5) is 21.9. The van der Waals surface area contributed by atoms with Gasteiger partial charge in [0.25, 0.3) is 5.91 Å². The molecule has 5 rings (SSSR count). The average molecular weight is 472 g/mol. The highest BCUT2D eigenvalue weighted by molar-refractivity contribution is 6.29. The number of aromatic nitrogens is 1. The Kier molecular flexibility index (Phi) is 6.28. The van der Waals surface area contributed by atoms with Crippen LogP contribution in [0.5, 0.6) is 0 Å². The standard InChI is InChI=1S/C29H30ClN3O/c1-21-5-8-23(9-6-21)4-3-15-32-16-12-29(13-17-32)20-33(26-10-7-22(2)18-25(26)29)28(34)24-11-14-31-27(30)19-24/h3-11,14,18-19H,12-13,15-17,20H2,1-2H3. The Bertz CT molecular complexity index is 1230. The van der Waals surface area contributed by atoms with Gasteiger partial charge >= 0.3 is 0 Å². The number of nitrogens with zero attached hydrogens (tertiary/aromatic N) is 3. The fourth-order valence-corrected chi connectivity index (χ4v) is 5.44. The van der Waals surface area contributed by atoms with Crippen molar-refractivity contribution in [3.05, 3.63) is 99.8 Å². The molecule has 174 valence electrons. The Morgan fingerprint density at radius 2 is 1.76 bits per heavy atom. The Hall–Kier alpha value is -2.95. The number of likely N-dealkylation sites (tertiary alicyclic amines) is 1. The molecular formula is C29H30ClN3O. The number of benzene rings is 2. The van der Waals surface area contributed by atoms with Crippen LogP contribution in [0.4, 0.5) is 5.69 Å². The van der Waals surface area contributed by atoms with Gasteiger partial charge in [-0.1, -0.05) is 71.3 Å². The molecule has 3 heterocycles. The summed E-state index contributed by atoms with van der Waals surface area (Å²) in [6.45, 7) is 7.95. The van der Waals surface area contributed by atoms with Crippen molar-refractivity contribution >= 4 is 29.3 Å². The van der Waals surface area contributed by atoms with Crippen molar-refractivity contribution in [1.82, 2.24) is 9.88 Å². The maximum Gasteiger partial charge on any atom is 0.258 e. The van der Waals surface area contributed by atoms with Gasteiger partial charge in [-0.2, -0.15) is 0 Å². The Labute approximate surface area is 206 Å². The number of carbonyl (C=O) groups is 1. The predicted octanol–water partition coefficient (Wildman–Crippen LogP) is 6.06. The van der Waals surface area contributed by atoms with Crippen molar-refractivity contribution < 1.29 is 4.79 Å². The third kappa shape index (κ3) is 4.53. The summed E-state index contributed by atoms with van der Waals surface area (Å²) in [5.74, 6) is -0.00487. The lowest BCUT2D eigenvalue weighted by Gasteiger charge is -2.39. The van der Waals surface area contributed by atoms with Crippen LogP contribution in [-0.2, 0) is 5.41 Å². The molecule has 1 aromatic heterocycles. The molecule has 2 aliphatic heterocycles. The van der Waals surface area contributed by atoms with Gasteiger partial charge in [0.05, 0.1) is 0 Å². The van der Waals surface area contributed by atoms with Crippen LogP contribution in [0.2, 0.25) is 5.15 Å². The maximum absolute atomic E-state index is 13.5. The van der Waals surface area contributed by atoms with Crippen LogP contribution in [0.1, 0.15) is 45.5 Å². The first-order chi connectivity index (χ1) is 16.4. The SMILES string of the molecule is Cc1ccc(C=CCN2CCC3(CC2)CN(C(=O)c2ccnc(Cl)c2)c2ccc(C)cc23)cc1. The molecule has 2 aliphatic rings. The summed E-state index contributed by atoms with van der Waals surface area (Å²) < 4.78 is 0. The van der Waals surface area contributed by atoms with Crippen LogP contribution in [-0.4, -0.2) is 42.0 Å². The van der Waals surface area contributed by atoms with Crippen molar-refractivity contribution in [2.24, 2.45) is 0 Å². The van der Waals surface area contributed by atoms with E-state index >= 15 is 0 Å². The van der Waals surface area contributed by atoms with E-state index < -0.39 is 0 Å². The Morgan fingerprint density at radius 3 is 2.50 bits per heavy atom. The van der Waals surface area contributed by atoms with E-state index in [4.69, 9.17) is 11.6 Å². The number of piperidine rings is 1. The van der Waals surface area contributed by atoms with Crippen LogP contribution in [0.25, 0.3) is 6.08 Å². The number of halogens is 1. The number of hydrogen-bond donors (Lipinski definition) is 0. The third-order valence-electron chi connectivity index (χ3n) is 7.26. The summed E-state index contributed by atoms with van der Waals surface area (Å²) in [5, 5.41) is 0.343. The predicted molar refractivity (Wildman–Crippen MR) is 140 cm³/mol. The molecule has 0 saturated carbocycles. The number of rotatable bonds is 4.